The molecule has 0 aliphatic carbocycles. The van der Waals surface area contributed by atoms with E-state index in [1.54, 1.807) is 28.6 Å². The van der Waals surface area contributed by atoms with Gasteiger partial charge in [-0.25, -0.2) is 8.42 Å². The summed E-state index contributed by atoms with van der Waals surface area (Å²) in [5, 5.41) is 0.618. The van der Waals surface area contributed by atoms with Crippen LogP contribution in [0.3, 0.4) is 0 Å². The minimum atomic E-state index is -3.32. The minimum absolute atomic E-state index is 0.0291. The first-order valence-corrected chi connectivity index (χ1v) is 10.3. The molecule has 5 nitrogen and oxygen atoms in total. The second kappa shape index (κ2) is 8.15. The Morgan fingerprint density at radius 2 is 1.67 bits per heavy atom. The van der Waals surface area contributed by atoms with Gasteiger partial charge in [0.1, 0.15) is 0 Å². The average molecular weight is 374 g/mol. The molecule has 1 aromatic carbocycles. The van der Waals surface area contributed by atoms with Gasteiger partial charge in [-0.2, -0.15) is 4.31 Å². The van der Waals surface area contributed by atoms with Gasteiger partial charge in [0.2, 0.25) is 10.0 Å². The van der Waals surface area contributed by atoms with E-state index in [1.807, 2.05) is 0 Å². The summed E-state index contributed by atoms with van der Waals surface area (Å²) in [5.41, 5.74) is 0.773. The van der Waals surface area contributed by atoms with Crippen molar-refractivity contribution in [1.29, 1.82) is 0 Å². The lowest BCUT2D eigenvalue weighted by molar-refractivity contribution is 0.0708. The fourth-order valence-electron chi connectivity index (χ4n) is 3.17. The first-order chi connectivity index (χ1) is 11.2. The largest absolute Gasteiger partial charge is 0.308 e. The summed E-state index contributed by atoms with van der Waals surface area (Å²) in [6, 6.07) is 7.45. The van der Waals surface area contributed by atoms with Gasteiger partial charge >= 0.3 is 0 Å². The molecule has 1 heterocycles. The second-order valence-corrected chi connectivity index (χ2v) is 9.34. The number of sulfonamides is 1. The van der Waals surface area contributed by atoms with E-state index < -0.39 is 10.0 Å². The number of hydrogen-bond donors (Lipinski definition) is 0. The van der Waals surface area contributed by atoms with Crippen molar-refractivity contribution in [1.82, 2.24) is 14.1 Å². The van der Waals surface area contributed by atoms with Gasteiger partial charge in [0.05, 0.1) is 5.75 Å². The number of hydrogen-bond acceptors (Lipinski definition) is 4. The Hall–Kier alpha value is -0.660. The van der Waals surface area contributed by atoms with Gasteiger partial charge in [-0.3, -0.25) is 4.90 Å². The SMILES string of the molecule is CC1CN(S(=O)(=O)Cc2ccc(Cl)cc2)CC(C)N1CCN(C)C. The standard InChI is InChI=1S/C17H28ClN3O2S/c1-14-11-20(12-15(2)21(14)10-9-19(3)4)24(22,23)13-16-5-7-17(18)8-6-16/h5-8,14-15H,9-13H2,1-4H3. The van der Waals surface area contributed by atoms with Crippen molar-refractivity contribution in [2.45, 2.75) is 31.7 Å². The molecular weight excluding hydrogens is 346 g/mol. The van der Waals surface area contributed by atoms with E-state index in [4.69, 9.17) is 11.6 Å². The molecule has 0 saturated carbocycles. The van der Waals surface area contributed by atoms with Crippen LogP contribution >= 0.6 is 11.6 Å². The van der Waals surface area contributed by atoms with E-state index in [0.717, 1.165) is 18.7 Å². The van der Waals surface area contributed by atoms with Gasteiger partial charge in [0, 0.05) is 43.3 Å². The summed E-state index contributed by atoms with van der Waals surface area (Å²) in [4.78, 5) is 4.55. The Labute approximate surface area is 151 Å². The summed E-state index contributed by atoms with van der Waals surface area (Å²) >= 11 is 5.87. The van der Waals surface area contributed by atoms with E-state index in [9.17, 15) is 8.42 Å². The third kappa shape index (κ3) is 5.17. The van der Waals surface area contributed by atoms with Crippen LogP contribution in [0.5, 0.6) is 0 Å². The smallest absolute Gasteiger partial charge is 0.218 e. The first-order valence-electron chi connectivity index (χ1n) is 8.32. The molecule has 1 aliphatic heterocycles. The molecule has 136 valence electrons. The summed E-state index contributed by atoms with van der Waals surface area (Å²) in [6.45, 7) is 7.25. The van der Waals surface area contributed by atoms with E-state index >= 15 is 0 Å². The molecule has 0 amide bonds. The van der Waals surface area contributed by atoms with Gasteiger partial charge in [-0.1, -0.05) is 23.7 Å². The molecule has 1 fully saturated rings. The molecule has 0 N–H and O–H groups in total. The van der Waals surface area contributed by atoms with Gasteiger partial charge in [-0.15, -0.1) is 0 Å². The van der Waals surface area contributed by atoms with Crippen molar-refractivity contribution in [3.05, 3.63) is 34.9 Å². The van der Waals surface area contributed by atoms with Gasteiger partial charge in [0.15, 0.2) is 0 Å². The van der Waals surface area contributed by atoms with Crippen molar-refractivity contribution in [3.63, 3.8) is 0 Å². The lowest BCUT2D eigenvalue weighted by Gasteiger charge is -2.44. The summed E-state index contributed by atoms with van der Waals surface area (Å²) < 4.78 is 27.2. The fraction of sp³-hybridized carbons (Fsp3) is 0.647. The van der Waals surface area contributed by atoms with E-state index in [2.05, 4.69) is 37.7 Å². The Morgan fingerprint density at radius 1 is 1.12 bits per heavy atom. The number of nitrogens with zero attached hydrogens (tertiary/aromatic N) is 3. The number of rotatable bonds is 6. The average Bonchev–Trinajstić information content (AvgIpc) is 2.48. The van der Waals surface area contributed by atoms with Gasteiger partial charge in [0.25, 0.3) is 0 Å². The molecule has 1 saturated heterocycles. The van der Waals surface area contributed by atoms with Crippen LogP contribution in [-0.4, -0.2) is 74.9 Å². The van der Waals surface area contributed by atoms with E-state index in [-0.39, 0.29) is 17.8 Å². The molecule has 2 rings (SSSR count). The third-order valence-electron chi connectivity index (χ3n) is 4.53. The predicted molar refractivity (Wildman–Crippen MR) is 99.8 cm³/mol. The molecule has 0 bridgehead atoms. The number of halogens is 1. The molecule has 1 aromatic rings. The molecular formula is C17H28ClN3O2S. The van der Waals surface area contributed by atoms with Crippen molar-refractivity contribution in [2.75, 3.05) is 40.3 Å². The number of likely N-dealkylation sites (N-methyl/N-ethyl adjacent to an activating group) is 1. The zero-order valence-corrected chi connectivity index (χ0v) is 16.5. The molecule has 0 spiro atoms. The Bertz CT molecular complexity index is 622. The predicted octanol–water partition coefficient (Wildman–Crippen LogP) is 2.13. The quantitative estimate of drug-likeness (QED) is 0.766. The normalized spacial score (nSPS) is 23.8. The highest BCUT2D eigenvalue weighted by Gasteiger charge is 2.35. The topological polar surface area (TPSA) is 43.9 Å². The Kier molecular flexibility index (Phi) is 6.67. The Balaban J connectivity index is 2.03. The zero-order chi connectivity index (χ0) is 17.9. The molecule has 1 aliphatic rings. The molecule has 2 unspecified atom stereocenters. The molecule has 2 atom stereocenters. The second-order valence-electron chi connectivity index (χ2n) is 6.94. The monoisotopic (exact) mass is 373 g/mol. The highest BCUT2D eigenvalue weighted by Crippen LogP contribution is 2.21. The molecule has 24 heavy (non-hydrogen) atoms. The van der Waals surface area contributed by atoms with Crippen molar-refractivity contribution >= 4 is 21.6 Å². The fourth-order valence-corrected chi connectivity index (χ4v) is 4.98. The van der Waals surface area contributed by atoms with Crippen LogP contribution in [0.25, 0.3) is 0 Å². The van der Waals surface area contributed by atoms with E-state index in [0.29, 0.717) is 18.1 Å². The van der Waals surface area contributed by atoms with Crippen LogP contribution in [0, 0.1) is 0 Å². The van der Waals surface area contributed by atoms with Crippen LogP contribution in [0.15, 0.2) is 24.3 Å². The highest BCUT2D eigenvalue weighted by atomic mass is 35.5. The Morgan fingerprint density at radius 3 is 2.17 bits per heavy atom. The van der Waals surface area contributed by atoms with Crippen LogP contribution in [0.2, 0.25) is 5.02 Å². The summed E-state index contributed by atoms with van der Waals surface area (Å²) in [6.07, 6.45) is 0. The minimum Gasteiger partial charge on any atom is -0.308 e. The number of piperazine rings is 1. The molecule has 0 aromatic heterocycles. The maximum absolute atomic E-state index is 12.8. The van der Waals surface area contributed by atoms with Gasteiger partial charge < -0.3 is 4.90 Å². The van der Waals surface area contributed by atoms with Gasteiger partial charge in [-0.05, 0) is 45.6 Å². The van der Waals surface area contributed by atoms with Crippen LogP contribution in [0.1, 0.15) is 19.4 Å². The lowest BCUT2D eigenvalue weighted by atomic mass is 10.1. The van der Waals surface area contributed by atoms with Crippen molar-refractivity contribution in [2.24, 2.45) is 0 Å². The van der Waals surface area contributed by atoms with Crippen molar-refractivity contribution < 1.29 is 8.42 Å². The zero-order valence-electron chi connectivity index (χ0n) is 14.9. The van der Waals surface area contributed by atoms with E-state index in [1.165, 1.54) is 0 Å². The van der Waals surface area contributed by atoms with Crippen LogP contribution in [-0.2, 0) is 15.8 Å². The first kappa shape index (κ1) is 19.7. The maximum Gasteiger partial charge on any atom is 0.218 e. The third-order valence-corrected chi connectivity index (χ3v) is 6.56. The van der Waals surface area contributed by atoms with Crippen LogP contribution in [0.4, 0.5) is 0 Å². The highest BCUT2D eigenvalue weighted by molar-refractivity contribution is 7.88. The molecule has 0 radical (unpaired) electrons. The lowest BCUT2D eigenvalue weighted by Crippen LogP contribution is -2.59. The van der Waals surface area contributed by atoms with Crippen molar-refractivity contribution in [3.8, 4) is 0 Å². The summed E-state index contributed by atoms with van der Waals surface area (Å²) in [5.74, 6) is 0.0291. The number of benzene rings is 1. The summed E-state index contributed by atoms with van der Waals surface area (Å²) in [7, 11) is 0.799. The maximum atomic E-state index is 12.8. The van der Waals surface area contributed by atoms with Crippen LogP contribution < -0.4 is 0 Å². The molecule has 7 heteroatoms.